The fraction of sp³-hybridized carbons (Fsp3) is 0.273. The van der Waals surface area contributed by atoms with Crippen LogP contribution in [0.25, 0.3) is 0 Å². The molecule has 2 aromatic heterocycles. The zero-order valence-corrected chi connectivity index (χ0v) is 10.5. The largest absolute Gasteiger partial charge is 0.346 e. The highest BCUT2D eigenvalue weighted by Crippen LogP contribution is 2.01. The van der Waals surface area contributed by atoms with Crippen LogP contribution in [0.5, 0.6) is 0 Å². The van der Waals surface area contributed by atoms with Gasteiger partial charge in [0.2, 0.25) is 0 Å². The molecule has 0 saturated carbocycles. The number of amides is 1. The number of aromatic nitrogens is 4. The second kappa shape index (κ2) is 5.59. The van der Waals surface area contributed by atoms with E-state index >= 15 is 0 Å². The van der Waals surface area contributed by atoms with Crippen molar-refractivity contribution in [3.8, 4) is 0 Å². The number of hydrogen-bond acceptors (Lipinski definition) is 4. The van der Waals surface area contributed by atoms with E-state index in [0.717, 1.165) is 0 Å². The predicted molar refractivity (Wildman–Crippen MR) is 66.2 cm³/mol. The quantitative estimate of drug-likeness (QED) is 0.900. The van der Waals surface area contributed by atoms with E-state index in [1.807, 2.05) is 19.2 Å². The average Bonchev–Trinajstić information content (AvgIpc) is 2.82. The monoisotopic (exact) mass is 265 g/mol. The summed E-state index contributed by atoms with van der Waals surface area (Å²) >= 11 is 5.60. The molecule has 2 rings (SSSR count). The van der Waals surface area contributed by atoms with Gasteiger partial charge in [-0.1, -0.05) is 11.6 Å². The highest BCUT2D eigenvalue weighted by atomic mass is 35.5. The summed E-state index contributed by atoms with van der Waals surface area (Å²) in [6.45, 7) is 2.49. The van der Waals surface area contributed by atoms with Crippen LogP contribution >= 0.6 is 11.6 Å². The third kappa shape index (κ3) is 3.27. The van der Waals surface area contributed by atoms with Crippen molar-refractivity contribution in [1.82, 2.24) is 25.1 Å². The fourth-order valence-corrected chi connectivity index (χ4v) is 1.56. The molecule has 0 fully saturated rings. The number of halogens is 1. The van der Waals surface area contributed by atoms with Gasteiger partial charge in [-0.25, -0.2) is 9.97 Å². The van der Waals surface area contributed by atoms with E-state index in [4.69, 9.17) is 11.6 Å². The summed E-state index contributed by atoms with van der Waals surface area (Å²) in [5, 5.41) is 7.14. The Morgan fingerprint density at radius 1 is 1.50 bits per heavy atom. The fourth-order valence-electron chi connectivity index (χ4n) is 1.46. The highest BCUT2D eigenvalue weighted by molar-refractivity contribution is 6.29. The summed E-state index contributed by atoms with van der Waals surface area (Å²) in [5.41, 5.74) is 0.242. The molecule has 0 bridgehead atoms. The number of hydrogen-bond donors (Lipinski definition) is 1. The molecule has 94 valence electrons. The van der Waals surface area contributed by atoms with E-state index in [1.54, 1.807) is 10.9 Å². The second-order valence-electron chi connectivity index (χ2n) is 3.83. The van der Waals surface area contributed by atoms with E-state index in [1.165, 1.54) is 12.4 Å². The first-order valence-electron chi connectivity index (χ1n) is 5.41. The lowest BCUT2D eigenvalue weighted by molar-refractivity contribution is 0.0930. The Labute approximate surface area is 109 Å². The standard InChI is InChI=1S/C11H12ClN5O/c1-8(7-17-4-2-3-15-17)16-11(18)9-5-14-10(12)6-13-9/h2-6,8H,7H2,1H3,(H,16,18). The van der Waals surface area contributed by atoms with Crippen LogP contribution in [0.15, 0.2) is 30.9 Å². The topological polar surface area (TPSA) is 72.7 Å². The first-order valence-corrected chi connectivity index (χ1v) is 5.79. The van der Waals surface area contributed by atoms with Crippen LogP contribution in [0.1, 0.15) is 17.4 Å². The van der Waals surface area contributed by atoms with Crippen molar-refractivity contribution < 1.29 is 4.79 Å². The highest BCUT2D eigenvalue weighted by Gasteiger charge is 2.11. The normalized spacial score (nSPS) is 12.1. The average molecular weight is 266 g/mol. The van der Waals surface area contributed by atoms with Gasteiger partial charge in [0.1, 0.15) is 10.8 Å². The third-order valence-electron chi connectivity index (χ3n) is 2.25. The smallest absolute Gasteiger partial charge is 0.271 e. The molecule has 1 N–H and O–H groups in total. The molecule has 0 aromatic carbocycles. The molecule has 7 heteroatoms. The molecule has 6 nitrogen and oxygen atoms in total. The maximum atomic E-state index is 11.8. The van der Waals surface area contributed by atoms with Gasteiger partial charge in [-0.05, 0) is 13.0 Å². The molecule has 0 saturated heterocycles. The number of nitrogens with one attached hydrogen (secondary N) is 1. The summed E-state index contributed by atoms with van der Waals surface area (Å²) < 4.78 is 1.75. The molecule has 18 heavy (non-hydrogen) atoms. The summed E-state index contributed by atoms with van der Waals surface area (Å²) in [6.07, 6.45) is 6.22. The summed E-state index contributed by atoms with van der Waals surface area (Å²) in [6, 6.07) is 1.77. The van der Waals surface area contributed by atoms with Gasteiger partial charge in [-0.2, -0.15) is 5.10 Å². The third-order valence-corrected chi connectivity index (χ3v) is 2.45. The van der Waals surface area contributed by atoms with Crippen LogP contribution in [-0.4, -0.2) is 31.7 Å². The van der Waals surface area contributed by atoms with E-state index in [0.29, 0.717) is 6.54 Å². The minimum atomic E-state index is -0.279. The molecule has 1 atom stereocenters. The number of rotatable bonds is 4. The molecule has 0 aliphatic heterocycles. The maximum absolute atomic E-state index is 11.8. The van der Waals surface area contributed by atoms with Gasteiger partial charge in [0.15, 0.2) is 0 Å². The van der Waals surface area contributed by atoms with E-state index < -0.39 is 0 Å². The molecule has 0 radical (unpaired) electrons. The van der Waals surface area contributed by atoms with Gasteiger partial charge in [0.05, 0.1) is 18.9 Å². The lowest BCUT2D eigenvalue weighted by Crippen LogP contribution is -2.36. The molecule has 1 amide bonds. The van der Waals surface area contributed by atoms with Crippen molar-refractivity contribution in [3.05, 3.63) is 41.7 Å². The van der Waals surface area contributed by atoms with Crippen LogP contribution < -0.4 is 5.32 Å². The van der Waals surface area contributed by atoms with E-state index in [9.17, 15) is 4.79 Å². The van der Waals surface area contributed by atoms with Gasteiger partial charge in [-0.15, -0.1) is 0 Å². The van der Waals surface area contributed by atoms with Gasteiger partial charge >= 0.3 is 0 Å². The lowest BCUT2D eigenvalue weighted by Gasteiger charge is -2.13. The van der Waals surface area contributed by atoms with Crippen molar-refractivity contribution in [2.45, 2.75) is 19.5 Å². The summed E-state index contributed by atoms with van der Waals surface area (Å²) in [5.74, 6) is -0.279. The Morgan fingerprint density at radius 3 is 2.94 bits per heavy atom. The van der Waals surface area contributed by atoms with Gasteiger partial charge < -0.3 is 5.32 Å². The lowest BCUT2D eigenvalue weighted by atomic mass is 10.3. The predicted octanol–water partition coefficient (Wildman–Crippen LogP) is 1.14. The second-order valence-corrected chi connectivity index (χ2v) is 4.21. The van der Waals surface area contributed by atoms with Gasteiger partial charge in [-0.3, -0.25) is 9.48 Å². The number of carbonyl (C=O) groups excluding carboxylic acids is 1. The van der Waals surface area contributed by atoms with Crippen molar-refractivity contribution in [1.29, 1.82) is 0 Å². The summed E-state index contributed by atoms with van der Waals surface area (Å²) in [7, 11) is 0. The van der Waals surface area contributed by atoms with Crippen molar-refractivity contribution in [3.63, 3.8) is 0 Å². The zero-order valence-electron chi connectivity index (χ0n) is 9.75. The minimum absolute atomic E-state index is 0.0603. The number of nitrogens with zero attached hydrogens (tertiary/aromatic N) is 4. The van der Waals surface area contributed by atoms with Gasteiger partial charge in [0, 0.05) is 18.4 Å². The Balaban J connectivity index is 1.92. The first-order chi connectivity index (χ1) is 8.65. The SMILES string of the molecule is CC(Cn1cccn1)NC(=O)c1cnc(Cl)cn1. The molecule has 1 unspecified atom stereocenters. The first kappa shape index (κ1) is 12.5. The Morgan fingerprint density at radius 2 is 2.33 bits per heavy atom. The van der Waals surface area contributed by atoms with Gasteiger partial charge in [0.25, 0.3) is 5.91 Å². The van der Waals surface area contributed by atoms with E-state index in [-0.39, 0.29) is 22.8 Å². The maximum Gasteiger partial charge on any atom is 0.271 e. The molecule has 2 heterocycles. The van der Waals surface area contributed by atoms with Crippen molar-refractivity contribution >= 4 is 17.5 Å². The Hall–Kier alpha value is -1.95. The molecule has 0 aliphatic carbocycles. The molecule has 0 spiro atoms. The van der Waals surface area contributed by atoms with Crippen molar-refractivity contribution in [2.75, 3.05) is 0 Å². The molecular formula is C11H12ClN5O. The number of carbonyl (C=O) groups is 1. The van der Waals surface area contributed by atoms with Crippen LogP contribution in [0.3, 0.4) is 0 Å². The molecule has 0 aliphatic rings. The zero-order chi connectivity index (χ0) is 13.0. The van der Waals surface area contributed by atoms with Crippen LogP contribution in [-0.2, 0) is 6.54 Å². The summed E-state index contributed by atoms with van der Waals surface area (Å²) in [4.78, 5) is 19.5. The Bertz CT molecular complexity index is 511. The minimum Gasteiger partial charge on any atom is -0.346 e. The Kier molecular flexibility index (Phi) is 3.88. The molecular weight excluding hydrogens is 254 g/mol. The molecule has 2 aromatic rings. The van der Waals surface area contributed by atoms with Crippen LogP contribution in [0, 0.1) is 0 Å². The van der Waals surface area contributed by atoms with Crippen LogP contribution in [0.4, 0.5) is 0 Å². The van der Waals surface area contributed by atoms with E-state index in [2.05, 4.69) is 20.4 Å². The van der Waals surface area contributed by atoms with Crippen LogP contribution in [0.2, 0.25) is 5.15 Å². The van der Waals surface area contributed by atoms with Crippen molar-refractivity contribution in [2.24, 2.45) is 0 Å².